The van der Waals surface area contributed by atoms with Gasteiger partial charge in [-0.15, -0.1) is 0 Å². The highest BCUT2D eigenvalue weighted by molar-refractivity contribution is 5.93. The van der Waals surface area contributed by atoms with E-state index in [-0.39, 0.29) is 11.4 Å². The normalized spacial score (nSPS) is 10.9. The van der Waals surface area contributed by atoms with Gasteiger partial charge in [0.05, 0.1) is 11.6 Å². The molecule has 1 amide bonds. The third-order valence-corrected chi connectivity index (χ3v) is 2.73. The summed E-state index contributed by atoms with van der Waals surface area (Å²) < 4.78 is 0. The van der Waals surface area contributed by atoms with Gasteiger partial charge in [0, 0.05) is 31.2 Å². The third-order valence-electron chi connectivity index (χ3n) is 2.73. The van der Waals surface area contributed by atoms with E-state index in [4.69, 9.17) is 5.26 Å². The number of benzene rings is 1. The second-order valence-electron chi connectivity index (χ2n) is 5.54. The Hall–Kier alpha value is -1.86. The first-order valence-electron chi connectivity index (χ1n) is 6.35. The van der Waals surface area contributed by atoms with E-state index < -0.39 is 0 Å². The van der Waals surface area contributed by atoms with E-state index in [1.54, 1.807) is 30.1 Å². The van der Waals surface area contributed by atoms with Crippen molar-refractivity contribution < 1.29 is 4.79 Å². The predicted octanol–water partition coefficient (Wildman–Crippen LogP) is 2.30. The minimum atomic E-state index is 0.0135. The number of amides is 1. The monoisotopic (exact) mass is 259 g/mol. The van der Waals surface area contributed by atoms with Crippen LogP contribution >= 0.6 is 0 Å². The molecule has 1 N–H and O–H groups in total. The summed E-state index contributed by atoms with van der Waals surface area (Å²) in [7, 11) is 1.73. The number of hydrogen-bond acceptors (Lipinski definition) is 3. The van der Waals surface area contributed by atoms with Crippen LogP contribution < -0.4 is 10.2 Å². The zero-order valence-electron chi connectivity index (χ0n) is 12.0. The fourth-order valence-electron chi connectivity index (χ4n) is 1.64. The molecule has 0 fully saturated rings. The van der Waals surface area contributed by atoms with E-state index in [2.05, 4.69) is 32.2 Å². The Morgan fingerprint density at radius 3 is 2.68 bits per heavy atom. The Morgan fingerprint density at radius 1 is 1.42 bits per heavy atom. The fourth-order valence-corrected chi connectivity index (χ4v) is 1.64. The maximum atomic E-state index is 12.0. The van der Waals surface area contributed by atoms with Crippen LogP contribution in [-0.4, -0.2) is 25.0 Å². The van der Waals surface area contributed by atoms with Crippen LogP contribution in [0.2, 0.25) is 0 Å². The van der Waals surface area contributed by atoms with E-state index in [0.717, 1.165) is 5.69 Å². The molecule has 102 valence electrons. The molecular weight excluding hydrogens is 238 g/mol. The molecule has 0 bridgehead atoms. The molecule has 1 aromatic rings. The summed E-state index contributed by atoms with van der Waals surface area (Å²) in [6.07, 6.45) is 0.435. The van der Waals surface area contributed by atoms with Crippen LogP contribution in [0.25, 0.3) is 0 Å². The number of hydrogen-bond donors (Lipinski definition) is 1. The number of anilines is 1. The quantitative estimate of drug-likeness (QED) is 0.902. The van der Waals surface area contributed by atoms with Crippen LogP contribution in [0.3, 0.4) is 0 Å². The molecule has 0 atom stereocenters. The highest BCUT2D eigenvalue weighted by Crippen LogP contribution is 2.15. The molecular formula is C15H21N3O. The zero-order valence-corrected chi connectivity index (χ0v) is 12.0. The average Bonchev–Trinajstić information content (AvgIpc) is 2.36. The van der Waals surface area contributed by atoms with Crippen LogP contribution in [0, 0.1) is 11.3 Å². The van der Waals surface area contributed by atoms with Gasteiger partial charge in [-0.2, -0.15) is 5.26 Å². The molecule has 0 aromatic heterocycles. The van der Waals surface area contributed by atoms with E-state index >= 15 is 0 Å². The van der Waals surface area contributed by atoms with Gasteiger partial charge < -0.3 is 10.2 Å². The topological polar surface area (TPSA) is 56.1 Å². The Morgan fingerprint density at radius 2 is 2.11 bits per heavy atom. The zero-order chi connectivity index (χ0) is 14.5. The van der Waals surface area contributed by atoms with Crippen LogP contribution in [0.1, 0.15) is 32.8 Å². The first kappa shape index (κ1) is 15.2. The Bertz CT molecular complexity index is 483. The van der Waals surface area contributed by atoms with Gasteiger partial charge in [-0.25, -0.2) is 0 Å². The smallest absolute Gasteiger partial charge is 0.227 e. The molecule has 0 aliphatic rings. The summed E-state index contributed by atoms with van der Waals surface area (Å²) in [5.41, 5.74) is 1.32. The van der Waals surface area contributed by atoms with Crippen LogP contribution in [0.4, 0.5) is 5.69 Å². The lowest BCUT2D eigenvalue weighted by Crippen LogP contribution is -2.38. The van der Waals surface area contributed by atoms with Gasteiger partial charge in [0.25, 0.3) is 0 Å². The number of nitrogens with zero attached hydrogens (tertiary/aromatic N) is 2. The molecule has 0 saturated heterocycles. The Labute approximate surface area is 115 Å². The summed E-state index contributed by atoms with van der Waals surface area (Å²) in [5.74, 6) is 0.0341. The number of carbonyl (C=O) groups is 1. The number of nitrogens with one attached hydrogen (secondary N) is 1. The van der Waals surface area contributed by atoms with Gasteiger partial charge in [-0.1, -0.05) is 6.07 Å². The summed E-state index contributed by atoms with van der Waals surface area (Å²) in [5, 5.41) is 12.1. The van der Waals surface area contributed by atoms with Gasteiger partial charge in [-0.05, 0) is 39.0 Å². The first-order chi connectivity index (χ1) is 8.83. The maximum Gasteiger partial charge on any atom is 0.227 e. The molecule has 0 radical (unpaired) electrons. The molecule has 0 spiro atoms. The second-order valence-corrected chi connectivity index (χ2v) is 5.54. The number of rotatable bonds is 4. The van der Waals surface area contributed by atoms with E-state index in [9.17, 15) is 4.79 Å². The third kappa shape index (κ3) is 5.11. The highest BCUT2D eigenvalue weighted by atomic mass is 16.2. The van der Waals surface area contributed by atoms with Crippen LogP contribution in [-0.2, 0) is 4.79 Å². The van der Waals surface area contributed by atoms with Gasteiger partial charge in [-0.3, -0.25) is 4.79 Å². The summed E-state index contributed by atoms with van der Waals surface area (Å²) in [6, 6.07) is 9.13. The lowest BCUT2D eigenvalue weighted by Gasteiger charge is -2.22. The molecule has 0 heterocycles. The van der Waals surface area contributed by atoms with Crippen LogP contribution in [0.15, 0.2) is 24.3 Å². The Balaban J connectivity index is 2.59. The molecule has 4 nitrogen and oxygen atoms in total. The number of carbonyl (C=O) groups excluding carboxylic acids is 1. The Kier molecular flexibility index (Phi) is 5.08. The molecule has 0 saturated carbocycles. The summed E-state index contributed by atoms with van der Waals surface area (Å²) >= 11 is 0. The molecule has 4 heteroatoms. The first-order valence-corrected chi connectivity index (χ1v) is 6.35. The lowest BCUT2D eigenvalue weighted by atomic mass is 10.1. The molecule has 0 unspecified atom stereocenters. The van der Waals surface area contributed by atoms with E-state index in [1.165, 1.54) is 0 Å². The molecule has 0 aliphatic heterocycles. The fraction of sp³-hybridized carbons (Fsp3) is 0.467. The van der Waals surface area contributed by atoms with E-state index in [1.807, 2.05) is 6.07 Å². The standard InChI is InChI=1S/C15H21N3O/c1-15(2,3)17-9-8-14(19)18(4)13-7-5-6-12(10-13)11-16/h5-7,10,17H,8-9H2,1-4H3. The molecule has 0 aliphatic carbocycles. The lowest BCUT2D eigenvalue weighted by molar-refractivity contribution is -0.118. The van der Waals surface area contributed by atoms with Crippen molar-refractivity contribution in [3.05, 3.63) is 29.8 Å². The van der Waals surface area contributed by atoms with Crippen molar-refractivity contribution in [1.29, 1.82) is 5.26 Å². The summed E-state index contributed by atoms with van der Waals surface area (Å²) in [6.45, 7) is 6.84. The van der Waals surface area contributed by atoms with Gasteiger partial charge in [0.2, 0.25) is 5.91 Å². The SMILES string of the molecule is CN(C(=O)CCNC(C)(C)C)c1cccc(C#N)c1. The predicted molar refractivity (Wildman–Crippen MR) is 76.9 cm³/mol. The largest absolute Gasteiger partial charge is 0.315 e. The van der Waals surface area contributed by atoms with Crippen molar-refractivity contribution in [3.8, 4) is 6.07 Å². The molecule has 19 heavy (non-hydrogen) atoms. The highest BCUT2D eigenvalue weighted by Gasteiger charge is 2.13. The average molecular weight is 259 g/mol. The van der Waals surface area contributed by atoms with Crippen molar-refractivity contribution in [1.82, 2.24) is 5.32 Å². The van der Waals surface area contributed by atoms with Gasteiger partial charge in [0.1, 0.15) is 0 Å². The van der Waals surface area contributed by atoms with Gasteiger partial charge in [0.15, 0.2) is 0 Å². The van der Waals surface area contributed by atoms with Crippen molar-refractivity contribution in [3.63, 3.8) is 0 Å². The van der Waals surface area contributed by atoms with Crippen molar-refractivity contribution in [2.75, 3.05) is 18.5 Å². The molecule has 1 rings (SSSR count). The minimum absolute atomic E-state index is 0.0135. The molecule has 1 aromatic carbocycles. The van der Waals surface area contributed by atoms with Crippen LogP contribution in [0.5, 0.6) is 0 Å². The van der Waals surface area contributed by atoms with Crippen molar-refractivity contribution >= 4 is 11.6 Å². The van der Waals surface area contributed by atoms with Gasteiger partial charge >= 0.3 is 0 Å². The van der Waals surface area contributed by atoms with Crippen molar-refractivity contribution in [2.24, 2.45) is 0 Å². The maximum absolute atomic E-state index is 12.0. The summed E-state index contributed by atoms with van der Waals surface area (Å²) in [4.78, 5) is 13.6. The minimum Gasteiger partial charge on any atom is -0.315 e. The van der Waals surface area contributed by atoms with Crippen molar-refractivity contribution in [2.45, 2.75) is 32.7 Å². The number of nitriles is 1. The second kappa shape index (κ2) is 6.35. The van der Waals surface area contributed by atoms with E-state index in [0.29, 0.717) is 18.5 Å².